The second-order valence-electron chi connectivity index (χ2n) is 6.37. The Bertz CT molecular complexity index is 591. The zero-order valence-electron chi connectivity index (χ0n) is 13.3. The number of nitrogens with two attached hydrogens (primary N) is 1. The van der Waals surface area contributed by atoms with Crippen molar-refractivity contribution in [3.63, 3.8) is 0 Å². The van der Waals surface area contributed by atoms with Gasteiger partial charge in [0.05, 0.1) is 11.4 Å². The second kappa shape index (κ2) is 5.70. The number of aryl methyl sites for hydroxylation is 2. The molecule has 1 saturated carbocycles. The van der Waals surface area contributed by atoms with E-state index in [0.29, 0.717) is 23.9 Å². The predicted octanol–water partition coefficient (Wildman–Crippen LogP) is 1.55. The molecule has 0 amide bonds. The number of likely N-dealkylation sites (N-methyl/N-ethyl adjacent to an activating group) is 1. The summed E-state index contributed by atoms with van der Waals surface area (Å²) in [5.41, 5.74) is 6.61. The molecule has 2 atom stereocenters. The summed E-state index contributed by atoms with van der Waals surface area (Å²) in [5.74, 6) is 0.492. The zero-order valence-corrected chi connectivity index (χ0v) is 14.1. The van der Waals surface area contributed by atoms with Gasteiger partial charge in [-0.15, -0.1) is 0 Å². The molecule has 3 N–H and O–H groups in total. The van der Waals surface area contributed by atoms with Gasteiger partial charge in [-0.25, -0.2) is 8.42 Å². The molecule has 21 heavy (non-hydrogen) atoms. The molecule has 1 aliphatic carbocycles. The van der Waals surface area contributed by atoms with Gasteiger partial charge in [0, 0.05) is 19.1 Å². The Morgan fingerprint density at radius 2 is 2.14 bits per heavy atom. The van der Waals surface area contributed by atoms with Crippen LogP contribution in [0.5, 0.6) is 0 Å². The summed E-state index contributed by atoms with van der Waals surface area (Å²) in [5, 5.41) is 6.76. The first-order valence-electron chi connectivity index (χ1n) is 7.45. The summed E-state index contributed by atoms with van der Waals surface area (Å²) in [6.45, 7) is 5.96. The monoisotopic (exact) mass is 314 g/mol. The maximum absolute atomic E-state index is 13.0. The maximum atomic E-state index is 13.0. The Morgan fingerprint density at radius 3 is 2.62 bits per heavy atom. The minimum absolute atomic E-state index is 0.288. The lowest BCUT2D eigenvalue weighted by molar-refractivity contribution is 0.127. The highest BCUT2D eigenvalue weighted by Crippen LogP contribution is 2.38. The number of hydrogen-bond acceptors (Lipinski definition) is 4. The summed E-state index contributed by atoms with van der Waals surface area (Å²) in [6, 6.07) is 0. The largest absolute Gasteiger partial charge is 0.329 e. The first kappa shape index (κ1) is 16.5. The molecule has 0 aromatic carbocycles. The fraction of sp³-hybridized carbons (Fsp3) is 0.786. The van der Waals surface area contributed by atoms with Crippen LogP contribution >= 0.6 is 0 Å². The van der Waals surface area contributed by atoms with E-state index in [0.717, 1.165) is 25.7 Å². The van der Waals surface area contributed by atoms with Gasteiger partial charge >= 0.3 is 0 Å². The maximum Gasteiger partial charge on any atom is 0.247 e. The Labute approximate surface area is 127 Å². The van der Waals surface area contributed by atoms with Crippen LogP contribution in [0.1, 0.15) is 44.0 Å². The summed E-state index contributed by atoms with van der Waals surface area (Å²) < 4.78 is 27.5. The molecule has 1 aromatic heterocycles. The van der Waals surface area contributed by atoms with Crippen LogP contribution in [0.4, 0.5) is 0 Å². The third kappa shape index (κ3) is 2.74. The summed E-state index contributed by atoms with van der Waals surface area (Å²) >= 11 is 0. The SMILES string of the molecule is Cc1n[nH]c(C)c1S(=O)(=O)N(C)C1(CN)CCCC(C)C1. The molecule has 1 fully saturated rings. The van der Waals surface area contributed by atoms with Crippen molar-refractivity contribution in [3.05, 3.63) is 11.4 Å². The molecule has 7 heteroatoms. The predicted molar refractivity (Wildman–Crippen MR) is 82.4 cm³/mol. The molecule has 120 valence electrons. The molecule has 0 bridgehead atoms. The highest BCUT2D eigenvalue weighted by Gasteiger charge is 2.44. The van der Waals surface area contributed by atoms with Crippen molar-refractivity contribution in [3.8, 4) is 0 Å². The summed E-state index contributed by atoms with van der Waals surface area (Å²) in [7, 11) is -1.93. The van der Waals surface area contributed by atoms with E-state index in [-0.39, 0.29) is 4.90 Å². The molecular weight excluding hydrogens is 288 g/mol. The van der Waals surface area contributed by atoms with Crippen LogP contribution in [0.2, 0.25) is 0 Å². The molecule has 1 heterocycles. The lowest BCUT2D eigenvalue weighted by Crippen LogP contribution is -2.56. The van der Waals surface area contributed by atoms with E-state index in [2.05, 4.69) is 17.1 Å². The lowest BCUT2D eigenvalue weighted by Gasteiger charge is -2.45. The van der Waals surface area contributed by atoms with Gasteiger partial charge in [0.2, 0.25) is 10.0 Å². The Morgan fingerprint density at radius 1 is 1.48 bits per heavy atom. The van der Waals surface area contributed by atoms with Gasteiger partial charge in [-0.2, -0.15) is 9.40 Å². The van der Waals surface area contributed by atoms with Crippen molar-refractivity contribution in [2.24, 2.45) is 11.7 Å². The lowest BCUT2D eigenvalue weighted by atomic mass is 9.76. The van der Waals surface area contributed by atoms with Gasteiger partial charge in [0.15, 0.2) is 0 Å². The van der Waals surface area contributed by atoms with E-state index in [1.807, 2.05) is 0 Å². The van der Waals surface area contributed by atoms with Crippen LogP contribution in [0.15, 0.2) is 4.90 Å². The summed E-state index contributed by atoms with van der Waals surface area (Å²) in [6.07, 6.45) is 3.79. The normalized spacial score (nSPS) is 27.2. The Kier molecular flexibility index (Phi) is 4.46. The third-order valence-electron chi connectivity index (χ3n) is 4.79. The zero-order chi connectivity index (χ0) is 15.8. The molecular formula is C14H26N4O2S. The number of aromatic nitrogens is 2. The molecule has 0 radical (unpaired) electrons. The molecule has 0 spiro atoms. The Hall–Kier alpha value is -0.920. The van der Waals surface area contributed by atoms with Gasteiger partial charge in [-0.1, -0.05) is 19.8 Å². The van der Waals surface area contributed by atoms with E-state index in [9.17, 15) is 8.42 Å². The van der Waals surface area contributed by atoms with Gasteiger partial charge < -0.3 is 5.73 Å². The van der Waals surface area contributed by atoms with Crippen LogP contribution < -0.4 is 5.73 Å². The third-order valence-corrected chi connectivity index (χ3v) is 7.02. The Balaban J connectivity index is 2.44. The van der Waals surface area contributed by atoms with Crippen molar-refractivity contribution in [2.75, 3.05) is 13.6 Å². The fourth-order valence-electron chi connectivity index (χ4n) is 3.54. The van der Waals surface area contributed by atoms with Crippen LogP contribution in [0, 0.1) is 19.8 Å². The number of aromatic amines is 1. The van der Waals surface area contributed by atoms with Crippen molar-refractivity contribution < 1.29 is 8.42 Å². The molecule has 0 aliphatic heterocycles. The van der Waals surface area contributed by atoms with Crippen LogP contribution in [-0.2, 0) is 10.0 Å². The number of nitrogens with zero attached hydrogens (tertiary/aromatic N) is 2. The standard InChI is InChI=1S/C14H26N4O2S/c1-10-6-5-7-14(8-10,9-15)18(4)21(19,20)13-11(2)16-17-12(13)3/h10H,5-9,15H2,1-4H3,(H,16,17). The topological polar surface area (TPSA) is 92.1 Å². The average molecular weight is 314 g/mol. The first-order valence-corrected chi connectivity index (χ1v) is 8.89. The van der Waals surface area contributed by atoms with E-state index in [4.69, 9.17) is 5.73 Å². The van der Waals surface area contributed by atoms with E-state index >= 15 is 0 Å². The molecule has 6 nitrogen and oxygen atoms in total. The quantitative estimate of drug-likeness (QED) is 0.882. The minimum atomic E-state index is -3.59. The van der Waals surface area contributed by atoms with Crippen molar-refractivity contribution in [1.29, 1.82) is 0 Å². The molecule has 1 aliphatic rings. The summed E-state index contributed by atoms with van der Waals surface area (Å²) in [4.78, 5) is 0.288. The molecule has 0 saturated heterocycles. The minimum Gasteiger partial charge on any atom is -0.329 e. The van der Waals surface area contributed by atoms with E-state index in [1.165, 1.54) is 4.31 Å². The van der Waals surface area contributed by atoms with Crippen molar-refractivity contribution in [1.82, 2.24) is 14.5 Å². The second-order valence-corrected chi connectivity index (χ2v) is 8.27. The molecule has 2 unspecified atom stereocenters. The van der Waals surface area contributed by atoms with E-state index < -0.39 is 15.6 Å². The van der Waals surface area contributed by atoms with Gasteiger partial charge in [-0.3, -0.25) is 5.10 Å². The van der Waals surface area contributed by atoms with E-state index in [1.54, 1.807) is 20.9 Å². The van der Waals surface area contributed by atoms with Crippen molar-refractivity contribution >= 4 is 10.0 Å². The van der Waals surface area contributed by atoms with Crippen LogP contribution in [0.3, 0.4) is 0 Å². The van der Waals surface area contributed by atoms with Gasteiger partial charge in [0.1, 0.15) is 4.90 Å². The number of sulfonamides is 1. The number of H-pyrrole nitrogens is 1. The van der Waals surface area contributed by atoms with Crippen molar-refractivity contribution in [2.45, 2.75) is 56.9 Å². The van der Waals surface area contributed by atoms with Crippen LogP contribution in [-0.4, -0.2) is 42.1 Å². The first-order chi connectivity index (χ1) is 9.74. The number of rotatable bonds is 4. The molecule has 2 rings (SSSR count). The number of hydrogen-bond donors (Lipinski definition) is 2. The fourth-order valence-corrected chi connectivity index (χ4v) is 5.42. The van der Waals surface area contributed by atoms with Crippen LogP contribution in [0.25, 0.3) is 0 Å². The van der Waals surface area contributed by atoms with Gasteiger partial charge in [-0.05, 0) is 32.6 Å². The number of nitrogens with one attached hydrogen (secondary N) is 1. The van der Waals surface area contributed by atoms with Gasteiger partial charge in [0.25, 0.3) is 0 Å². The smallest absolute Gasteiger partial charge is 0.247 e. The highest BCUT2D eigenvalue weighted by molar-refractivity contribution is 7.89. The highest BCUT2D eigenvalue weighted by atomic mass is 32.2. The average Bonchev–Trinajstić information content (AvgIpc) is 2.77. The molecule has 1 aromatic rings.